The van der Waals surface area contributed by atoms with Gasteiger partial charge in [0.05, 0.1) is 6.54 Å². The molecule has 1 unspecified atom stereocenters. The van der Waals surface area contributed by atoms with E-state index in [9.17, 15) is 9.59 Å². The molecule has 1 aromatic rings. The molecular weight excluding hydrogens is 250 g/mol. The number of amides is 1. The van der Waals surface area contributed by atoms with E-state index in [0.29, 0.717) is 0 Å². The van der Waals surface area contributed by atoms with Crippen LogP contribution in [-0.2, 0) is 25.6 Å². The molecule has 0 aromatic heterocycles. The summed E-state index contributed by atoms with van der Waals surface area (Å²) in [5, 5.41) is 2.46. The number of esters is 1. The number of hydrogen-bond acceptors (Lipinski definition) is 5. The smallest absolute Gasteiger partial charge is 0.407 e. The van der Waals surface area contributed by atoms with Crippen molar-refractivity contribution >= 4 is 12.1 Å². The van der Waals surface area contributed by atoms with E-state index in [4.69, 9.17) is 14.2 Å². The highest BCUT2D eigenvalue weighted by Crippen LogP contribution is 2.11. The lowest BCUT2D eigenvalue weighted by Gasteiger charge is -2.09. The highest BCUT2D eigenvalue weighted by atomic mass is 16.7. The Hall–Kier alpha value is -2.08. The Morgan fingerprint density at radius 1 is 1.37 bits per heavy atom. The minimum atomic E-state index is -0.765. The van der Waals surface area contributed by atoms with Gasteiger partial charge in [-0.25, -0.2) is 9.59 Å². The Morgan fingerprint density at radius 3 is 2.74 bits per heavy atom. The number of ether oxygens (including phenoxy) is 3. The van der Waals surface area contributed by atoms with E-state index < -0.39 is 24.5 Å². The van der Waals surface area contributed by atoms with Crippen LogP contribution in [0.2, 0.25) is 0 Å². The van der Waals surface area contributed by atoms with Crippen LogP contribution < -0.4 is 5.32 Å². The average Bonchev–Trinajstić information content (AvgIpc) is 2.73. The van der Waals surface area contributed by atoms with Crippen molar-refractivity contribution in [2.45, 2.75) is 25.9 Å². The summed E-state index contributed by atoms with van der Waals surface area (Å²) in [5.41, 5.74) is 0.891. The maximum Gasteiger partial charge on any atom is 0.407 e. The van der Waals surface area contributed by atoms with Gasteiger partial charge in [0.25, 0.3) is 0 Å². The quantitative estimate of drug-likeness (QED) is 0.828. The molecule has 102 valence electrons. The van der Waals surface area contributed by atoms with E-state index in [1.165, 1.54) is 0 Å². The molecule has 2 rings (SSSR count). The number of cyclic esters (lactones) is 1. The lowest BCUT2D eigenvalue weighted by Crippen LogP contribution is -2.35. The van der Waals surface area contributed by atoms with Crippen LogP contribution in [0.3, 0.4) is 0 Å². The predicted octanol–water partition coefficient (Wildman–Crippen LogP) is 1.20. The Morgan fingerprint density at radius 2 is 2.11 bits per heavy atom. The van der Waals surface area contributed by atoms with E-state index >= 15 is 0 Å². The van der Waals surface area contributed by atoms with Gasteiger partial charge in [-0.15, -0.1) is 0 Å². The average molecular weight is 265 g/mol. The van der Waals surface area contributed by atoms with Gasteiger partial charge >= 0.3 is 12.1 Å². The maximum absolute atomic E-state index is 11.4. The van der Waals surface area contributed by atoms with Crippen LogP contribution in [0.5, 0.6) is 0 Å². The Bertz CT molecular complexity index is 448. The third-order valence-corrected chi connectivity index (χ3v) is 2.55. The highest BCUT2D eigenvalue weighted by molar-refractivity contribution is 5.77. The van der Waals surface area contributed by atoms with Crippen molar-refractivity contribution in [3.05, 3.63) is 35.9 Å². The van der Waals surface area contributed by atoms with Gasteiger partial charge in [0.15, 0.2) is 6.10 Å². The Balaban J connectivity index is 1.69. The second-order valence-corrected chi connectivity index (χ2v) is 4.07. The first kappa shape index (κ1) is 13.4. The van der Waals surface area contributed by atoms with E-state index in [2.05, 4.69) is 5.32 Å². The minimum absolute atomic E-state index is 0.0385. The second-order valence-electron chi connectivity index (χ2n) is 4.07. The number of alkyl carbamates (subject to hydrolysis) is 1. The zero-order chi connectivity index (χ0) is 13.7. The summed E-state index contributed by atoms with van der Waals surface area (Å²) in [6.07, 6.45) is -1.93. The van der Waals surface area contributed by atoms with Crippen molar-refractivity contribution in [2.24, 2.45) is 0 Å². The van der Waals surface area contributed by atoms with Crippen molar-refractivity contribution in [3.8, 4) is 0 Å². The van der Waals surface area contributed by atoms with Crippen molar-refractivity contribution in [2.75, 3.05) is 6.54 Å². The molecule has 1 aliphatic heterocycles. The summed E-state index contributed by atoms with van der Waals surface area (Å²) in [7, 11) is 0. The summed E-state index contributed by atoms with van der Waals surface area (Å²) in [5.74, 6) is -0.476. The molecule has 6 heteroatoms. The third kappa shape index (κ3) is 3.96. The van der Waals surface area contributed by atoms with Gasteiger partial charge in [-0.05, 0) is 12.5 Å². The molecule has 1 amide bonds. The fourth-order valence-corrected chi connectivity index (χ4v) is 1.64. The van der Waals surface area contributed by atoms with Crippen LogP contribution in [0.25, 0.3) is 0 Å². The molecule has 1 N–H and O–H groups in total. The largest absolute Gasteiger partial charge is 0.445 e. The molecule has 2 atom stereocenters. The number of hydrogen-bond donors (Lipinski definition) is 1. The van der Waals surface area contributed by atoms with Crippen LogP contribution in [0.15, 0.2) is 30.3 Å². The number of rotatable bonds is 4. The van der Waals surface area contributed by atoms with Crippen molar-refractivity contribution in [3.63, 3.8) is 0 Å². The fourth-order valence-electron chi connectivity index (χ4n) is 1.64. The monoisotopic (exact) mass is 265 g/mol. The van der Waals surface area contributed by atoms with Crippen molar-refractivity contribution in [1.29, 1.82) is 0 Å². The van der Waals surface area contributed by atoms with Gasteiger partial charge in [-0.2, -0.15) is 0 Å². The minimum Gasteiger partial charge on any atom is -0.445 e. The van der Waals surface area contributed by atoms with Gasteiger partial charge < -0.3 is 19.5 Å². The summed E-state index contributed by atoms with van der Waals surface area (Å²) < 4.78 is 14.9. The van der Waals surface area contributed by atoms with E-state index in [1.54, 1.807) is 6.92 Å². The Labute approximate surface area is 110 Å². The van der Waals surface area contributed by atoms with Gasteiger partial charge in [-0.3, -0.25) is 0 Å². The van der Waals surface area contributed by atoms with Gasteiger partial charge in [0.2, 0.25) is 6.29 Å². The molecule has 1 heterocycles. The van der Waals surface area contributed by atoms with Crippen LogP contribution in [-0.4, -0.2) is 31.0 Å². The van der Waals surface area contributed by atoms with Gasteiger partial charge in [0, 0.05) is 0 Å². The highest BCUT2D eigenvalue weighted by Gasteiger charge is 2.32. The summed E-state index contributed by atoms with van der Waals surface area (Å²) in [6.45, 7) is 1.83. The molecule has 0 saturated carbocycles. The lowest BCUT2D eigenvalue weighted by atomic mass is 10.2. The second kappa shape index (κ2) is 6.19. The van der Waals surface area contributed by atoms with Crippen LogP contribution in [0, 0.1) is 0 Å². The number of carbonyl (C=O) groups is 2. The SMILES string of the molecule is CC1OC(=O)[C@@H](CNC(=O)OCc2ccccc2)O1. The predicted molar refractivity (Wildman–Crippen MR) is 65.1 cm³/mol. The van der Waals surface area contributed by atoms with Crippen LogP contribution in [0.1, 0.15) is 12.5 Å². The van der Waals surface area contributed by atoms with Gasteiger partial charge in [0.1, 0.15) is 6.61 Å². The molecule has 1 aromatic carbocycles. The maximum atomic E-state index is 11.4. The van der Waals surface area contributed by atoms with E-state index in [0.717, 1.165) is 5.56 Å². The summed E-state index contributed by atoms with van der Waals surface area (Å²) in [6, 6.07) is 9.31. The van der Waals surface area contributed by atoms with Crippen molar-refractivity contribution in [1.82, 2.24) is 5.32 Å². The topological polar surface area (TPSA) is 73.9 Å². The number of carbonyl (C=O) groups excluding carboxylic acids is 2. The van der Waals surface area contributed by atoms with E-state index in [1.807, 2.05) is 30.3 Å². The molecule has 19 heavy (non-hydrogen) atoms. The molecule has 6 nitrogen and oxygen atoms in total. The molecule has 0 aliphatic carbocycles. The third-order valence-electron chi connectivity index (χ3n) is 2.55. The lowest BCUT2D eigenvalue weighted by molar-refractivity contribution is -0.142. The van der Waals surface area contributed by atoms with Crippen LogP contribution >= 0.6 is 0 Å². The molecule has 0 bridgehead atoms. The zero-order valence-electron chi connectivity index (χ0n) is 10.5. The zero-order valence-corrected chi connectivity index (χ0v) is 10.5. The first-order valence-electron chi connectivity index (χ1n) is 5.95. The standard InChI is InChI=1S/C13H15NO5/c1-9-18-11(12(15)19-9)7-14-13(16)17-8-10-5-3-2-4-6-10/h2-6,9,11H,7-8H2,1H3,(H,14,16)/t9?,11-/m1/s1. The first-order chi connectivity index (χ1) is 9.15. The first-order valence-corrected chi connectivity index (χ1v) is 5.95. The molecule has 0 spiro atoms. The molecule has 1 fully saturated rings. The summed E-state index contributed by atoms with van der Waals surface area (Å²) in [4.78, 5) is 22.7. The molecular formula is C13H15NO5. The van der Waals surface area contributed by atoms with Gasteiger partial charge in [-0.1, -0.05) is 30.3 Å². The van der Waals surface area contributed by atoms with Crippen molar-refractivity contribution < 1.29 is 23.8 Å². The van der Waals surface area contributed by atoms with Crippen LogP contribution in [0.4, 0.5) is 4.79 Å². The summed E-state index contributed by atoms with van der Waals surface area (Å²) >= 11 is 0. The Kier molecular flexibility index (Phi) is 4.35. The molecule has 1 aliphatic rings. The fraction of sp³-hybridized carbons (Fsp3) is 0.385. The van der Waals surface area contributed by atoms with E-state index in [-0.39, 0.29) is 13.2 Å². The number of nitrogens with one attached hydrogen (secondary N) is 1. The molecule has 0 radical (unpaired) electrons. The number of benzene rings is 1. The normalized spacial score (nSPS) is 21.8. The molecule has 1 saturated heterocycles.